The fourth-order valence-electron chi connectivity index (χ4n) is 4.06. The van der Waals surface area contributed by atoms with Gasteiger partial charge in [0.25, 0.3) is 5.91 Å². The van der Waals surface area contributed by atoms with Crippen molar-refractivity contribution in [3.63, 3.8) is 0 Å². The van der Waals surface area contributed by atoms with Crippen LogP contribution in [-0.2, 0) is 16.0 Å². The first kappa shape index (κ1) is 20.8. The van der Waals surface area contributed by atoms with Crippen molar-refractivity contribution in [2.45, 2.75) is 39.2 Å². The number of hydrogen-bond acceptors (Lipinski definition) is 5. The van der Waals surface area contributed by atoms with Gasteiger partial charge in [-0.05, 0) is 62.2 Å². The molecule has 7 nitrogen and oxygen atoms in total. The number of Topliss-reactive ketones (excluding diaryl/α,β-unsaturated/α-hetero) is 2. The number of ether oxygens (including phenoxy) is 1. The van der Waals surface area contributed by atoms with Crippen LogP contribution in [0, 0.1) is 0 Å². The molecule has 1 atom stereocenters. The van der Waals surface area contributed by atoms with E-state index in [1.54, 1.807) is 49.2 Å². The SMILES string of the molecule is CC(=O)c1ccc2c(c1)CCN2C(=O)CCC(=O)c1ccc2c(c1)N(C)C(=O)C(C)O2. The lowest BCUT2D eigenvalue weighted by Crippen LogP contribution is -2.42. The third-order valence-corrected chi connectivity index (χ3v) is 5.87. The number of likely N-dealkylation sites (N-methyl/N-ethyl adjacent to an activating group) is 1. The average molecular weight is 420 g/mol. The normalized spacial score (nSPS) is 17.1. The molecular weight excluding hydrogens is 396 g/mol. The third-order valence-electron chi connectivity index (χ3n) is 5.87. The second-order valence-electron chi connectivity index (χ2n) is 7.96. The van der Waals surface area contributed by atoms with Crippen LogP contribution in [0.3, 0.4) is 0 Å². The molecule has 0 aromatic heterocycles. The first-order valence-electron chi connectivity index (χ1n) is 10.3. The molecule has 0 bridgehead atoms. The van der Waals surface area contributed by atoms with Gasteiger partial charge in [-0.3, -0.25) is 19.2 Å². The fourth-order valence-corrected chi connectivity index (χ4v) is 4.06. The van der Waals surface area contributed by atoms with Crippen molar-refractivity contribution >= 4 is 34.8 Å². The molecule has 2 amide bonds. The standard InChI is InChI=1S/C24H24N2O5/c1-14(27)16-4-6-19-17(12-16)10-11-26(19)23(29)9-7-21(28)18-5-8-22-20(13-18)25(3)24(30)15(2)31-22/h4-6,8,12-13,15H,7,9-11H2,1-3H3. The van der Waals surface area contributed by atoms with E-state index in [-0.39, 0.29) is 36.2 Å². The highest BCUT2D eigenvalue weighted by atomic mass is 16.5. The number of fused-ring (bicyclic) bond motifs is 2. The van der Waals surface area contributed by atoms with Gasteiger partial charge in [-0.15, -0.1) is 0 Å². The maximum Gasteiger partial charge on any atom is 0.267 e. The molecule has 2 aliphatic rings. The Kier molecular flexibility index (Phi) is 5.35. The van der Waals surface area contributed by atoms with Crippen molar-refractivity contribution in [1.82, 2.24) is 0 Å². The first-order valence-corrected chi connectivity index (χ1v) is 10.3. The van der Waals surface area contributed by atoms with Gasteiger partial charge in [0.1, 0.15) is 5.75 Å². The van der Waals surface area contributed by atoms with E-state index in [2.05, 4.69) is 0 Å². The molecule has 0 saturated carbocycles. The summed E-state index contributed by atoms with van der Waals surface area (Å²) in [6.07, 6.45) is 0.294. The monoisotopic (exact) mass is 420 g/mol. The summed E-state index contributed by atoms with van der Waals surface area (Å²) in [7, 11) is 1.65. The lowest BCUT2D eigenvalue weighted by atomic mass is 10.0. The van der Waals surface area contributed by atoms with Crippen LogP contribution in [0.2, 0.25) is 0 Å². The maximum atomic E-state index is 12.8. The average Bonchev–Trinajstić information content (AvgIpc) is 3.19. The van der Waals surface area contributed by atoms with E-state index in [1.165, 1.54) is 11.8 Å². The van der Waals surface area contributed by atoms with Gasteiger partial charge in [0.15, 0.2) is 17.7 Å². The molecule has 1 unspecified atom stereocenters. The zero-order chi connectivity index (χ0) is 22.3. The van der Waals surface area contributed by atoms with Gasteiger partial charge in [0, 0.05) is 43.2 Å². The van der Waals surface area contributed by atoms with Gasteiger partial charge >= 0.3 is 0 Å². The van der Waals surface area contributed by atoms with Crippen LogP contribution in [0.25, 0.3) is 0 Å². The quantitative estimate of drug-likeness (QED) is 0.694. The predicted octanol–water partition coefficient (Wildman–Crippen LogP) is 3.19. The van der Waals surface area contributed by atoms with Gasteiger partial charge in [-0.25, -0.2) is 0 Å². The van der Waals surface area contributed by atoms with E-state index in [4.69, 9.17) is 4.74 Å². The number of ketones is 2. The van der Waals surface area contributed by atoms with Crippen molar-refractivity contribution in [2.75, 3.05) is 23.4 Å². The summed E-state index contributed by atoms with van der Waals surface area (Å²) in [5.74, 6) is 0.0937. The minimum absolute atomic E-state index is 0.00424. The van der Waals surface area contributed by atoms with Crippen LogP contribution in [0.5, 0.6) is 5.75 Å². The summed E-state index contributed by atoms with van der Waals surface area (Å²) in [5, 5.41) is 0. The van der Waals surface area contributed by atoms with E-state index in [1.807, 2.05) is 6.07 Å². The number of anilines is 2. The Morgan fingerprint density at radius 2 is 1.77 bits per heavy atom. The molecule has 0 N–H and O–H groups in total. The molecule has 31 heavy (non-hydrogen) atoms. The number of rotatable bonds is 5. The predicted molar refractivity (Wildman–Crippen MR) is 116 cm³/mol. The molecule has 0 spiro atoms. The Morgan fingerprint density at radius 3 is 2.52 bits per heavy atom. The molecule has 2 aromatic carbocycles. The fraction of sp³-hybridized carbons (Fsp3) is 0.333. The number of benzene rings is 2. The van der Waals surface area contributed by atoms with E-state index in [9.17, 15) is 19.2 Å². The van der Waals surface area contributed by atoms with Crippen LogP contribution in [0.1, 0.15) is 53.0 Å². The summed E-state index contributed by atoms with van der Waals surface area (Å²) in [5.41, 5.74) is 3.41. The molecular formula is C24H24N2O5. The molecule has 2 aliphatic heterocycles. The highest BCUT2D eigenvalue weighted by Crippen LogP contribution is 2.34. The van der Waals surface area contributed by atoms with E-state index in [0.29, 0.717) is 35.5 Å². The second-order valence-corrected chi connectivity index (χ2v) is 7.96. The molecule has 0 radical (unpaired) electrons. The molecule has 7 heteroatoms. The van der Waals surface area contributed by atoms with Crippen LogP contribution in [0.4, 0.5) is 11.4 Å². The molecule has 2 aromatic rings. The largest absolute Gasteiger partial charge is 0.479 e. The Balaban J connectivity index is 1.43. The Morgan fingerprint density at radius 1 is 1.03 bits per heavy atom. The number of carbonyl (C=O) groups excluding carboxylic acids is 4. The smallest absolute Gasteiger partial charge is 0.267 e. The molecule has 4 rings (SSSR count). The van der Waals surface area contributed by atoms with Crippen LogP contribution < -0.4 is 14.5 Å². The zero-order valence-corrected chi connectivity index (χ0v) is 17.8. The number of amides is 2. The Labute approximate surface area is 180 Å². The molecule has 2 heterocycles. The van der Waals surface area contributed by atoms with Crippen molar-refractivity contribution in [3.8, 4) is 5.75 Å². The highest BCUT2D eigenvalue weighted by molar-refractivity contribution is 6.04. The van der Waals surface area contributed by atoms with E-state index >= 15 is 0 Å². The summed E-state index contributed by atoms with van der Waals surface area (Å²) in [4.78, 5) is 52.4. The lowest BCUT2D eigenvalue weighted by molar-refractivity contribution is -0.125. The second kappa shape index (κ2) is 7.98. The van der Waals surface area contributed by atoms with Gasteiger partial charge in [0.05, 0.1) is 5.69 Å². The molecule has 160 valence electrons. The van der Waals surface area contributed by atoms with Crippen molar-refractivity contribution < 1.29 is 23.9 Å². The molecule has 0 aliphatic carbocycles. The summed E-state index contributed by atoms with van der Waals surface area (Å²) < 4.78 is 5.59. The summed E-state index contributed by atoms with van der Waals surface area (Å²) >= 11 is 0. The topological polar surface area (TPSA) is 84.0 Å². The van der Waals surface area contributed by atoms with Gasteiger partial charge in [0.2, 0.25) is 5.91 Å². The van der Waals surface area contributed by atoms with Crippen LogP contribution in [-0.4, -0.2) is 43.1 Å². The Hall–Kier alpha value is -3.48. The number of hydrogen-bond donors (Lipinski definition) is 0. The van der Waals surface area contributed by atoms with Gasteiger partial charge < -0.3 is 14.5 Å². The van der Waals surface area contributed by atoms with Crippen molar-refractivity contribution in [2.24, 2.45) is 0 Å². The van der Waals surface area contributed by atoms with E-state index in [0.717, 1.165) is 11.3 Å². The summed E-state index contributed by atoms with van der Waals surface area (Å²) in [6, 6.07) is 10.4. The van der Waals surface area contributed by atoms with Crippen LogP contribution in [0.15, 0.2) is 36.4 Å². The maximum absolute atomic E-state index is 12.8. The minimum atomic E-state index is -0.563. The first-order chi connectivity index (χ1) is 14.8. The van der Waals surface area contributed by atoms with Gasteiger partial charge in [-0.1, -0.05) is 0 Å². The number of nitrogens with zero attached hydrogens (tertiary/aromatic N) is 2. The zero-order valence-electron chi connectivity index (χ0n) is 17.8. The molecule has 0 fully saturated rings. The minimum Gasteiger partial charge on any atom is -0.479 e. The lowest BCUT2D eigenvalue weighted by Gasteiger charge is -2.30. The van der Waals surface area contributed by atoms with Gasteiger partial charge in [-0.2, -0.15) is 0 Å². The highest BCUT2D eigenvalue weighted by Gasteiger charge is 2.30. The van der Waals surface area contributed by atoms with E-state index < -0.39 is 6.10 Å². The summed E-state index contributed by atoms with van der Waals surface area (Å²) in [6.45, 7) is 3.75. The van der Waals surface area contributed by atoms with Crippen molar-refractivity contribution in [1.29, 1.82) is 0 Å². The molecule has 0 saturated heterocycles. The third kappa shape index (κ3) is 3.83. The number of carbonyl (C=O) groups is 4. The Bertz CT molecular complexity index is 1110. The van der Waals surface area contributed by atoms with Crippen molar-refractivity contribution in [3.05, 3.63) is 53.1 Å². The van der Waals surface area contributed by atoms with Crippen LogP contribution >= 0.6 is 0 Å².